The summed E-state index contributed by atoms with van der Waals surface area (Å²) in [5, 5.41) is 3.81. The fraction of sp³-hybridized carbons (Fsp3) is 0.520. The third-order valence-electron chi connectivity index (χ3n) is 6.62. The molecule has 2 fully saturated rings. The van der Waals surface area contributed by atoms with Gasteiger partial charge in [-0.1, -0.05) is 48.6 Å². The van der Waals surface area contributed by atoms with E-state index in [9.17, 15) is 9.59 Å². The van der Waals surface area contributed by atoms with Crippen molar-refractivity contribution in [1.29, 1.82) is 0 Å². The second-order valence-electron chi connectivity index (χ2n) is 8.85. The number of nitrogens with zero attached hydrogens (tertiary/aromatic N) is 1. The minimum absolute atomic E-state index is 0.0205. The van der Waals surface area contributed by atoms with Crippen LogP contribution in [0.3, 0.4) is 0 Å². The van der Waals surface area contributed by atoms with Crippen LogP contribution in [-0.2, 0) is 9.53 Å². The van der Waals surface area contributed by atoms with E-state index in [4.69, 9.17) is 9.47 Å². The molecule has 0 unspecified atom stereocenters. The van der Waals surface area contributed by atoms with Crippen LogP contribution in [0.15, 0.2) is 36.4 Å². The van der Waals surface area contributed by atoms with Gasteiger partial charge in [-0.05, 0) is 69.2 Å². The molecule has 1 saturated heterocycles. The van der Waals surface area contributed by atoms with Gasteiger partial charge in [0, 0.05) is 16.8 Å². The summed E-state index contributed by atoms with van der Waals surface area (Å²) in [6, 6.07) is 12.1. The number of carbonyl (C=O) groups excluding carboxylic acids is 2. The van der Waals surface area contributed by atoms with E-state index in [1.165, 1.54) is 18.4 Å². The van der Waals surface area contributed by atoms with Gasteiger partial charge >= 0.3 is 6.16 Å². The van der Waals surface area contributed by atoms with E-state index in [1.807, 2.05) is 41.3 Å². The first-order valence-corrected chi connectivity index (χ1v) is 12.4. The topological polar surface area (TPSA) is 67.9 Å². The maximum absolute atomic E-state index is 13.9. The van der Waals surface area contributed by atoms with Crippen molar-refractivity contribution in [2.45, 2.75) is 51.5 Å². The molecule has 1 aliphatic carbocycles. The summed E-state index contributed by atoms with van der Waals surface area (Å²) < 4.78 is 10.3. The van der Waals surface area contributed by atoms with Crippen LogP contribution >= 0.6 is 11.3 Å². The molecule has 0 spiro atoms. The number of amides is 1. The van der Waals surface area contributed by atoms with Crippen LogP contribution in [0.4, 0.5) is 10.5 Å². The minimum Gasteiger partial charge on any atom is -0.437 e. The molecule has 0 bridgehead atoms. The van der Waals surface area contributed by atoms with E-state index in [2.05, 4.69) is 12.2 Å². The average Bonchev–Trinajstić information content (AvgIpc) is 3.24. The number of hydrogen-bond acceptors (Lipinski definition) is 6. The van der Waals surface area contributed by atoms with Crippen LogP contribution in [0.25, 0.3) is 10.4 Å². The Morgan fingerprint density at radius 1 is 1.03 bits per heavy atom. The second kappa shape index (κ2) is 10.5. The molecule has 4 rings (SSSR count). The molecular formula is C25H32N2O4S. The van der Waals surface area contributed by atoms with Crippen LogP contribution in [0.2, 0.25) is 0 Å². The average molecular weight is 457 g/mol. The lowest BCUT2D eigenvalue weighted by Gasteiger charge is -2.38. The predicted octanol–water partition coefficient (Wildman–Crippen LogP) is 5.47. The van der Waals surface area contributed by atoms with Gasteiger partial charge in [0.2, 0.25) is 11.0 Å². The van der Waals surface area contributed by atoms with E-state index in [0.29, 0.717) is 16.7 Å². The molecule has 6 nitrogen and oxygen atoms in total. The molecule has 1 aromatic carbocycles. The van der Waals surface area contributed by atoms with E-state index in [1.54, 1.807) is 0 Å². The van der Waals surface area contributed by atoms with Crippen LogP contribution in [0.5, 0.6) is 5.06 Å². The zero-order valence-electron chi connectivity index (χ0n) is 18.8. The lowest BCUT2D eigenvalue weighted by Crippen LogP contribution is -2.49. The van der Waals surface area contributed by atoms with Gasteiger partial charge in [0.15, 0.2) is 0 Å². The molecule has 32 heavy (non-hydrogen) atoms. The summed E-state index contributed by atoms with van der Waals surface area (Å²) in [4.78, 5) is 28.8. The molecule has 2 aromatic rings. The van der Waals surface area contributed by atoms with Gasteiger partial charge in [-0.2, -0.15) is 0 Å². The number of benzene rings is 1. The highest BCUT2D eigenvalue weighted by Gasteiger charge is 2.36. The van der Waals surface area contributed by atoms with Crippen molar-refractivity contribution in [1.82, 2.24) is 5.32 Å². The molecule has 1 aliphatic heterocycles. The van der Waals surface area contributed by atoms with Crippen LogP contribution in [0.1, 0.15) is 45.4 Å². The number of piperidine rings is 1. The molecule has 172 valence electrons. The Morgan fingerprint density at radius 2 is 1.72 bits per heavy atom. The molecule has 1 amide bonds. The quantitative estimate of drug-likeness (QED) is 0.604. The molecule has 0 atom stereocenters. The number of carbonyl (C=O) groups is 2. The highest BCUT2D eigenvalue weighted by atomic mass is 32.1. The number of methoxy groups -OCH3 is 1. The minimum atomic E-state index is -0.767. The predicted molar refractivity (Wildman–Crippen MR) is 127 cm³/mol. The number of ether oxygens (including phenoxy) is 2. The Labute approximate surface area is 193 Å². The van der Waals surface area contributed by atoms with Gasteiger partial charge in [0.05, 0.1) is 12.8 Å². The molecular weight excluding hydrogens is 424 g/mol. The molecule has 7 heteroatoms. The molecule has 1 aromatic heterocycles. The Bertz CT molecular complexity index is 915. The fourth-order valence-electron chi connectivity index (χ4n) is 4.73. The van der Waals surface area contributed by atoms with Crippen molar-refractivity contribution in [2.24, 2.45) is 11.8 Å². The Hall–Kier alpha value is -2.38. The summed E-state index contributed by atoms with van der Waals surface area (Å²) >= 11 is 1.38. The second-order valence-corrected chi connectivity index (χ2v) is 9.87. The third kappa shape index (κ3) is 5.15. The van der Waals surface area contributed by atoms with E-state index in [0.717, 1.165) is 62.1 Å². The zero-order valence-corrected chi connectivity index (χ0v) is 19.7. The van der Waals surface area contributed by atoms with E-state index in [-0.39, 0.29) is 17.9 Å². The first-order chi connectivity index (χ1) is 15.6. The number of anilines is 1. The first-order valence-electron chi connectivity index (χ1n) is 11.6. The number of hydrogen-bond donors (Lipinski definition) is 1. The van der Waals surface area contributed by atoms with Crippen molar-refractivity contribution in [2.75, 3.05) is 25.1 Å². The monoisotopic (exact) mass is 456 g/mol. The third-order valence-corrected chi connectivity index (χ3v) is 7.67. The Morgan fingerprint density at radius 3 is 2.38 bits per heavy atom. The van der Waals surface area contributed by atoms with Crippen molar-refractivity contribution < 1.29 is 19.1 Å². The SMILES string of the molecule is COC(=O)Oc1sc(-c2ccccc2)cc1N(C(=O)C1CCC(C)CC1)C1CCNCC1. The van der Waals surface area contributed by atoms with Crippen molar-refractivity contribution >= 4 is 29.1 Å². The summed E-state index contributed by atoms with van der Waals surface area (Å²) in [5.41, 5.74) is 1.72. The van der Waals surface area contributed by atoms with Gasteiger partial charge in [-0.15, -0.1) is 0 Å². The van der Waals surface area contributed by atoms with Crippen molar-refractivity contribution in [3.63, 3.8) is 0 Å². The number of thiophene rings is 1. The van der Waals surface area contributed by atoms with Crippen LogP contribution < -0.4 is 15.0 Å². The molecule has 1 saturated carbocycles. The normalized spacial score (nSPS) is 21.7. The highest BCUT2D eigenvalue weighted by Crippen LogP contribution is 2.45. The van der Waals surface area contributed by atoms with E-state index < -0.39 is 6.16 Å². The zero-order chi connectivity index (χ0) is 22.5. The molecule has 0 radical (unpaired) electrons. The number of nitrogens with one attached hydrogen (secondary N) is 1. The van der Waals surface area contributed by atoms with Gasteiger partial charge in [0.1, 0.15) is 0 Å². The van der Waals surface area contributed by atoms with Gasteiger partial charge in [-0.3, -0.25) is 4.79 Å². The van der Waals surface area contributed by atoms with Crippen LogP contribution in [0, 0.1) is 11.8 Å². The standard InChI is InChI=1S/C25H32N2O4S/c1-17-8-10-19(11-9-17)23(28)27(20-12-14-26-15-13-20)21-16-22(18-6-4-3-5-7-18)32-24(21)31-25(29)30-2/h3-7,16-17,19-20,26H,8-15H2,1-2H3. The molecule has 2 heterocycles. The fourth-order valence-corrected chi connectivity index (χ4v) is 5.73. The van der Waals surface area contributed by atoms with E-state index >= 15 is 0 Å². The summed E-state index contributed by atoms with van der Waals surface area (Å²) in [7, 11) is 1.30. The largest absolute Gasteiger partial charge is 0.514 e. The van der Waals surface area contributed by atoms with Crippen LogP contribution in [-0.4, -0.2) is 38.3 Å². The number of rotatable bonds is 5. The lowest BCUT2D eigenvalue weighted by molar-refractivity contribution is -0.124. The summed E-state index contributed by atoms with van der Waals surface area (Å²) in [5.74, 6) is 0.860. The van der Waals surface area contributed by atoms with Gasteiger partial charge < -0.3 is 19.7 Å². The van der Waals surface area contributed by atoms with Gasteiger partial charge in [-0.25, -0.2) is 4.79 Å². The Balaban J connectivity index is 1.73. The van der Waals surface area contributed by atoms with Gasteiger partial charge in [0.25, 0.3) is 0 Å². The summed E-state index contributed by atoms with van der Waals surface area (Å²) in [6.45, 7) is 4.01. The summed E-state index contributed by atoms with van der Waals surface area (Å²) in [6.07, 6.45) is 5.00. The Kier molecular flexibility index (Phi) is 7.48. The smallest absolute Gasteiger partial charge is 0.437 e. The molecule has 1 N–H and O–H groups in total. The van der Waals surface area contributed by atoms with Crippen molar-refractivity contribution in [3.8, 4) is 15.5 Å². The van der Waals surface area contributed by atoms with Crippen molar-refractivity contribution in [3.05, 3.63) is 36.4 Å². The molecule has 2 aliphatic rings. The highest BCUT2D eigenvalue weighted by molar-refractivity contribution is 7.18. The maximum atomic E-state index is 13.9. The first kappa shape index (κ1) is 22.8. The lowest BCUT2D eigenvalue weighted by atomic mass is 9.82. The maximum Gasteiger partial charge on any atom is 0.514 e.